The second-order valence-electron chi connectivity index (χ2n) is 4.48. The van der Waals surface area contributed by atoms with E-state index < -0.39 is 0 Å². The van der Waals surface area contributed by atoms with E-state index in [4.69, 9.17) is 4.42 Å². The third kappa shape index (κ3) is 2.19. The fourth-order valence-corrected chi connectivity index (χ4v) is 2.24. The first-order valence-corrected chi connectivity index (χ1v) is 6.30. The molecule has 1 aliphatic rings. The van der Waals surface area contributed by atoms with Crippen LogP contribution in [0.3, 0.4) is 0 Å². The van der Waals surface area contributed by atoms with Crippen LogP contribution in [-0.4, -0.2) is 42.0 Å². The Labute approximate surface area is 111 Å². The summed E-state index contributed by atoms with van der Waals surface area (Å²) in [5, 5.41) is 0. The average Bonchev–Trinajstić information content (AvgIpc) is 2.90. The van der Waals surface area contributed by atoms with Crippen molar-refractivity contribution >= 4 is 23.0 Å². The molecule has 0 saturated carbocycles. The number of oxazole rings is 1. The van der Waals surface area contributed by atoms with Gasteiger partial charge >= 0.3 is 0 Å². The number of amides is 1. The Morgan fingerprint density at radius 1 is 1.26 bits per heavy atom. The van der Waals surface area contributed by atoms with E-state index in [1.807, 2.05) is 24.3 Å². The molecule has 0 atom stereocenters. The number of anilines is 1. The molecule has 1 fully saturated rings. The maximum Gasteiger partial charge on any atom is 0.298 e. The van der Waals surface area contributed by atoms with Crippen LogP contribution in [0.5, 0.6) is 0 Å². The van der Waals surface area contributed by atoms with Crippen LogP contribution in [-0.2, 0) is 4.79 Å². The largest absolute Gasteiger partial charge is 0.423 e. The first kappa shape index (κ1) is 11.8. The molecule has 1 aliphatic heterocycles. The Hall–Kier alpha value is -2.30. The molecule has 0 aliphatic carbocycles. The van der Waals surface area contributed by atoms with Crippen molar-refractivity contribution in [3.8, 4) is 0 Å². The van der Waals surface area contributed by atoms with Gasteiger partial charge in [0.25, 0.3) is 6.01 Å². The maximum atomic E-state index is 11.5. The van der Waals surface area contributed by atoms with Gasteiger partial charge in [-0.1, -0.05) is 18.7 Å². The van der Waals surface area contributed by atoms with E-state index in [9.17, 15) is 4.79 Å². The molecule has 1 amide bonds. The molecule has 2 heterocycles. The topological polar surface area (TPSA) is 49.6 Å². The van der Waals surface area contributed by atoms with Gasteiger partial charge in [-0.05, 0) is 18.2 Å². The Balaban J connectivity index is 1.74. The maximum absolute atomic E-state index is 11.5. The molecule has 0 bridgehead atoms. The zero-order valence-corrected chi connectivity index (χ0v) is 10.6. The number of nitrogens with zero attached hydrogens (tertiary/aromatic N) is 3. The first-order chi connectivity index (χ1) is 9.28. The molecule has 1 aromatic carbocycles. The van der Waals surface area contributed by atoms with Crippen LogP contribution in [0.15, 0.2) is 41.3 Å². The van der Waals surface area contributed by atoms with Crippen LogP contribution < -0.4 is 4.90 Å². The minimum absolute atomic E-state index is 0.0165. The zero-order valence-electron chi connectivity index (χ0n) is 10.6. The van der Waals surface area contributed by atoms with E-state index in [2.05, 4.69) is 16.5 Å². The van der Waals surface area contributed by atoms with E-state index in [1.54, 1.807) is 4.90 Å². The number of carbonyl (C=O) groups is 1. The van der Waals surface area contributed by atoms with Crippen molar-refractivity contribution in [1.29, 1.82) is 0 Å². The third-order valence-electron chi connectivity index (χ3n) is 3.32. The molecular formula is C14H15N3O2. The van der Waals surface area contributed by atoms with E-state index >= 15 is 0 Å². The molecule has 2 aromatic rings. The van der Waals surface area contributed by atoms with Gasteiger partial charge in [0.15, 0.2) is 5.58 Å². The average molecular weight is 257 g/mol. The number of fused-ring (bicyclic) bond motifs is 1. The summed E-state index contributed by atoms with van der Waals surface area (Å²) in [5.41, 5.74) is 1.66. The third-order valence-corrected chi connectivity index (χ3v) is 3.32. The molecule has 5 nitrogen and oxygen atoms in total. The smallest absolute Gasteiger partial charge is 0.298 e. The monoisotopic (exact) mass is 257 g/mol. The zero-order chi connectivity index (χ0) is 13.2. The molecule has 1 saturated heterocycles. The van der Waals surface area contributed by atoms with Gasteiger partial charge in [-0.2, -0.15) is 4.98 Å². The fraction of sp³-hybridized carbons (Fsp3) is 0.286. The van der Waals surface area contributed by atoms with E-state index in [0.717, 1.165) is 24.2 Å². The second-order valence-corrected chi connectivity index (χ2v) is 4.48. The quantitative estimate of drug-likeness (QED) is 0.768. The predicted molar refractivity (Wildman–Crippen MR) is 73.0 cm³/mol. The minimum atomic E-state index is -0.0165. The van der Waals surface area contributed by atoms with Gasteiger partial charge in [0, 0.05) is 26.2 Å². The highest BCUT2D eigenvalue weighted by molar-refractivity contribution is 5.87. The Morgan fingerprint density at radius 3 is 2.68 bits per heavy atom. The first-order valence-electron chi connectivity index (χ1n) is 6.30. The van der Waals surface area contributed by atoms with Crippen molar-refractivity contribution in [1.82, 2.24) is 9.88 Å². The van der Waals surface area contributed by atoms with Crippen molar-refractivity contribution < 1.29 is 9.21 Å². The van der Waals surface area contributed by atoms with Gasteiger partial charge in [-0.3, -0.25) is 4.79 Å². The van der Waals surface area contributed by atoms with Crippen LogP contribution in [0, 0.1) is 0 Å². The highest BCUT2D eigenvalue weighted by Crippen LogP contribution is 2.22. The van der Waals surface area contributed by atoms with Crippen molar-refractivity contribution in [3.63, 3.8) is 0 Å². The summed E-state index contributed by atoms with van der Waals surface area (Å²) in [6, 6.07) is 8.34. The normalized spacial score (nSPS) is 15.8. The van der Waals surface area contributed by atoms with E-state index in [0.29, 0.717) is 19.1 Å². The number of aromatic nitrogens is 1. The highest BCUT2D eigenvalue weighted by atomic mass is 16.4. The summed E-state index contributed by atoms with van der Waals surface area (Å²) in [4.78, 5) is 19.8. The number of hydrogen-bond acceptors (Lipinski definition) is 4. The lowest BCUT2D eigenvalue weighted by Crippen LogP contribution is -2.48. The predicted octanol–water partition coefficient (Wildman–Crippen LogP) is 1.66. The SMILES string of the molecule is C=CC(=O)N1CCN(c2nc3ccccc3o2)CC1. The Bertz CT molecular complexity index is 579. The lowest BCUT2D eigenvalue weighted by atomic mass is 10.3. The van der Waals surface area contributed by atoms with Gasteiger partial charge in [0.2, 0.25) is 5.91 Å². The van der Waals surface area contributed by atoms with Gasteiger partial charge < -0.3 is 14.2 Å². The van der Waals surface area contributed by atoms with Crippen molar-refractivity contribution in [2.24, 2.45) is 0 Å². The van der Waals surface area contributed by atoms with Gasteiger partial charge in [0.05, 0.1) is 0 Å². The molecule has 5 heteroatoms. The van der Waals surface area contributed by atoms with Crippen LogP contribution in [0.25, 0.3) is 11.1 Å². The summed E-state index contributed by atoms with van der Waals surface area (Å²) >= 11 is 0. The van der Waals surface area contributed by atoms with Crippen LogP contribution in [0.1, 0.15) is 0 Å². The fourth-order valence-electron chi connectivity index (χ4n) is 2.24. The summed E-state index contributed by atoms with van der Waals surface area (Å²) in [5.74, 6) is -0.0165. The summed E-state index contributed by atoms with van der Waals surface area (Å²) < 4.78 is 5.72. The number of piperazine rings is 1. The molecule has 3 rings (SSSR count). The lowest BCUT2D eigenvalue weighted by molar-refractivity contribution is -0.126. The molecule has 19 heavy (non-hydrogen) atoms. The van der Waals surface area contributed by atoms with Crippen molar-refractivity contribution in [2.75, 3.05) is 31.1 Å². The minimum Gasteiger partial charge on any atom is -0.423 e. The van der Waals surface area contributed by atoms with Crippen molar-refractivity contribution in [3.05, 3.63) is 36.9 Å². The lowest BCUT2D eigenvalue weighted by Gasteiger charge is -2.33. The summed E-state index contributed by atoms with van der Waals surface area (Å²) in [6.07, 6.45) is 1.36. The van der Waals surface area contributed by atoms with Crippen LogP contribution >= 0.6 is 0 Å². The summed E-state index contributed by atoms with van der Waals surface area (Å²) in [7, 11) is 0. The number of para-hydroxylation sites is 2. The molecule has 0 N–H and O–H groups in total. The molecule has 1 aromatic heterocycles. The van der Waals surface area contributed by atoms with Gasteiger partial charge in [0.1, 0.15) is 5.52 Å². The summed E-state index contributed by atoms with van der Waals surface area (Å²) in [6.45, 7) is 6.30. The van der Waals surface area contributed by atoms with E-state index in [-0.39, 0.29) is 5.91 Å². The van der Waals surface area contributed by atoms with Crippen LogP contribution in [0.4, 0.5) is 6.01 Å². The van der Waals surface area contributed by atoms with Gasteiger partial charge in [-0.25, -0.2) is 0 Å². The highest BCUT2D eigenvalue weighted by Gasteiger charge is 2.22. The van der Waals surface area contributed by atoms with Crippen LogP contribution in [0.2, 0.25) is 0 Å². The number of carbonyl (C=O) groups excluding carboxylic acids is 1. The molecule has 0 unspecified atom stereocenters. The molecule has 0 radical (unpaired) electrons. The van der Waals surface area contributed by atoms with Gasteiger partial charge in [-0.15, -0.1) is 0 Å². The van der Waals surface area contributed by atoms with Crippen molar-refractivity contribution in [2.45, 2.75) is 0 Å². The standard InChI is InChI=1S/C14H15N3O2/c1-2-13(18)16-7-9-17(10-8-16)14-15-11-5-3-4-6-12(11)19-14/h2-6H,1,7-10H2. The molecular weight excluding hydrogens is 242 g/mol. The number of benzene rings is 1. The number of rotatable bonds is 2. The Kier molecular flexibility index (Phi) is 2.95. The molecule has 98 valence electrons. The number of hydrogen-bond donors (Lipinski definition) is 0. The Morgan fingerprint density at radius 2 is 2.00 bits per heavy atom. The molecule has 0 spiro atoms. The van der Waals surface area contributed by atoms with E-state index in [1.165, 1.54) is 6.08 Å². The second kappa shape index (κ2) is 4.76.